The zero-order valence-corrected chi connectivity index (χ0v) is 57.6. The number of allylic oxidation sites excluding steroid dienone is 5. The Morgan fingerprint density at radius 1 is 0.329 bits per heavy atom. The third-order valence-corrected chi connectivity index (χ3v) is 18.2. The zero-order valence-electron chi connectivity index (χ0n) is 57.6. The van der Waals surface area contributed by atoms with Gasteiger partial charge in [0, 0.05) is 12.8 Å². The summed E-state index contributed by atoms with van der Waals surface area (Å²) in [5.74, 6) is -0.0468. The Kier molecular flexibility index (Phi) is 72.9. The number of aliphatic hydroxyl groups excluding tert-OH is 2. The highest BCUT2D eigenvalue weighted by Gasteiger charge is 2.18. The monoisotopic (exact) mass is 1190 g/mol. The molecule has 0 heterocycles. The van der Waals surface area contributed by atoms with Crippen molar-refractivity contribution in [1.82, 2.24) is 5.32 Å². The molecule has 3 N–H and O–H groups in total. The van der Waals surface area contributed by atoms with E-state index in [0.29, 0.717) is 19.4 Å². The van der Waals surface area contributed by atoms with Crippen LogP contribution in [0.5, 0.6) is 0 Å². The molecule has 0 saturated carbocycles. The molecule has 0 aliphatic rings. The van der Waals surface area contributed by atoms with E-state index in [1.165, 1.54) is 353 Å². The van der Waals surface area contributed by atoms with Crippen LogP contribution in [0.2, 0.25) is 0 Å². The Labute approximate surface area is 532 Å². The Morgan fingerprint density at radius 3 is 0.906 bits per heavy atom. The molecule has 0 rings (SSSR count). The molecular weight excluding hydrogens is 1040 g/mol. The second kappa shape index (κ2) is 74.5. The summed E-state index contributed by atoms with van der Waals surface area (Å²) in [6.07, 6.45) is 96.8. The van der Waals surface area contributed by atoms with E-state index in [1.807, 2.05) is 6.08 Å². The number of hydrogen-bond acceptors (Lipinski definition) is 5. The van der Waals surface area contributed by atoms with Crippen LogP contribution in [0, 0.1) is 0 Å². The number of ether oxygens (including phenoxy) is 1. The average Bonchev–Trinajstić information content (AvgIpc) is 3.51. The van der Waals surface area contributed by atoms with Gasteiger partial charge < -0.3 is 20.3 Å². The van der Waals surface area contributed by atoms with Crippen LogP contribution in [0.4, 0.5) is 0 Å². The second-order valence-electron chi connectivity index (χ2n) is 26.7. The van der Waals surface area contributed by atoms with Crippen LogP contribution in [0.25, 0.3) is 0 Å². The summed E-state index contributed by atoms with van der Waals surface area (Å²) >= 11 is 0. The minimum atomic E-state index is -0.843. The summed E-state index contributed by atoms with van der Waals surface area (Å²) in [6.45, 7) is 4.93. The van der Waals surface area contributed by atoms with Gasteiger partial charge in [-0.05, 0) is 64.2 Å². The Balaban J connectivity index is 3.35. The van der Waals surface area contributed by atoms with Gasteiger partial charge in [-0.25, -0.2) is 0 Å². The fourth-order valence-corrected chi connectivity index (χ4v) is 12.3. The maximum Gasteiger partial charge on any atom is 0.305 e. The fourth-order valence-electron chi connectivity index (χ4n) is 12.3. The van der Waals surface area contributed by atoms with E-state index in [2.05, 4.69) is 43.5 Å². The number of carbonyl (C=O) groups excluding carboxylic acids is 2. The van der Waals surface area contributed by atoms with Gasteiger partial charge in [0.2, 0.25) is 5.91 Å². The van der Waals surface area contributed by atoms with Crippen molar-refractivity contribution in [2.24, 2.45) is 0 Å². The number of rotatable bonds is 73. The van der Waals surface area contributed by atoms with Gasteiger partial charge in [-0.3, -0.25) is 9.59 Å². The first-order chi connectivity index (χ1) is 42.0. The van der Waals surface area contributed by atoms with Crippen molar-refractivity contribution >= 4 is 11.9 Å². The molecule has 85 heavy (non-hydrogen) atoms. The molecule has 0 fully saturated rings. The zero-order chi connectivity index (χ0) is 61.3. The summed E-state index contributed by atoms with van der Waals surface area (Å²) in [5, 5.41) is 23.3. The van der Waals surface area contributed by atoms with Crippen molar-refractivity contribution in [3.63, 3.8) is 0 Å². The Hall–Kier alpha value is -1.92. The van der Waals surface area contributed by atoms with Crippen LogP contribution in [-0.4, -0.2) is 47.4 Å². The molecular formula is C79H151NO5. The maximum atomic E-state index is 12.5. The first-order valence-corrected chi connectivity index (χ1v) is 38.8. The van der Waals surface area contributed by atoms with Crippen molar-refractivity contribution in [2.45, 2.75) is 443 Å². The van der Waals surface area contributed by atoms with Crippen molar-refractivity contribution in [1.29, 1.82) is 0 Å². The number of carbonyl (C=O) groups is 2. The van der Waals surface area contributed by atoms with E-state index < -0.39 is 12.1 Å². The molecule has 502 valence electrons. The van der Waals surface area contributed by atoms with Gasteiger partial charge in [-0.1, -0.05) is 391 Å². The van der Waals surface area contributed by atoms with Crippen LogP contribution in [0.1, 0.15) is 431 Å². The smallest absolute Gasteiger partial charge is 0.305 e. The quantitative estimate of drug-likeness (QED) is 0.0320. The van der Waals surface area contributed by atoms with Gasteiger partial charge in [-0.15, -0.1) is 0 Å². The van der Waals surface area contributed by atoms with Gasteiger partial charge in [0.1, 0.15) is 0 Å². The summed E-state index contributed by atoms with van der Waals surface area (Å²) in [6, 6.07) is -0.626. The highest BCUT2D eigenvalue weighted by molar-refractivity contribution is 5.76. The summed E-state index contributed by atoms with van der Waals surface area (Å²) in [5.41, 5.74) is 0. The van der Waals surface area contributed by atoms with Crippen molar-refractivity contribution in [3.8, 4) is 0 Å². The lowest BCUT2D eigenvalue weighted by molar-refractivity contribution is -0.143. The fraction of sp³-hybridized carbons (Fsp3) is 0.899. The molecule has 0 aliphatic carbocycles. The van der Waals surface area contributed by atoms with Gasteiger partial charge in [0.05, 0.1) is 25.4 Å². The molecule has 1 amide bonds. The van der Waals surface area contributed by atoms with E-state index in [0.717, 1.165) is 51.4 Å². The number of esters is 1. The van der Waals surface area contributed by atoms with E-state index in [9.17, 15) is 19.8 Å². The van der Waals surface area contributed by atoms with Crippen molar-refractivity contribution < 1.29 is 24.5 Å². The minimum Gasteiger partial charge on any atom is -0.466 e. The third kappa shape index (κ3) is 71.0. The molecule has 0 aromatic carbocycles. The summed E-state index contributed by atoms with van der Waals surface area (Å²) in [7, 11) is 0. The third-order valence-electron chi connectivity index (χ3n) is 18.2. The predicted molar refractivity (Wildman–Crippen MR) is 375 cm³/mol. The van der Waals surface area contributed by atoms with Crippen LogP contribution >= 0.6 is 0 Å². The first kappa shape index (κ1) is 83.1. The van der Waals surface area contributed by atoms with Gasteiger partial charge in [0.25, 0.3) is 0 Å². The number of unbranched alkanes of at least 4 members (excludes halogenated alkanes) is 58. The van der Waals surface area contributed by atoms with E-state index in [4.69, 9.17) is 4.74 Å². The topological polar surface area (TPSA) is 95.9 Å². The molecule has 6 nitrogen and oxygen atoms in total. The normalized spacial score (nSPS) is 12.7. The molecule has 0 aromatic rings. The standard InChI is InChI=1S/C79H151NO5/c1-3-5-7-9-11-13-15-17-19-21-23-36-39-43-47-51-55-59-63-67-71-77(82)76(75-81)80-78(83)72-68-64-60-56-52-48-44-40-37-34-32-30-28-26-24-25-27-29-31-33-35-38-42-46-50-54-58-62-66-70-74-85-79(84)73-69-65-61-57-53-49-45-41-22-20-18-16-14-12-10-8-6-4-2/h14,16,20,22,67,71,76-77,81-82H,3-13,15,17-19,21,23-66,68-70,72-75H2,1-2H3,(H,80,83)/b16-14-,22-20-,71-67+. The van der Waals surface area contributed by atoms with Gasteiger partial charge in [-0.2, -0.15) is 0 Å². The molecule has 0 bridgehead atoms. The lowest BCUT2D eigenvalue weighted by Gasteiger charge is -2.20. The molecule has 2 atom stereocenters. The van der Waals surface area contributed by atoms with E-state index in [-0.39, 0.29) is 18.5 Å². The van der Waals surface area contributed by atoms with Crippen LogP contribution in [0.3, 0.4) is 0 Å². The highest BCUT2D eigenvalue weighted by Crippen LogP contribution is 2.20. The lowest BCUT2D eigenvalue weighted by atomic mass is 10.0. The maximum absolute atomic E-state index is 12.5. The number of nitrogens with one attached hydrogen (secondary N) is 1. The largest absolute Gasteiger partial charge is 0.466 e. The molecule has 2 unspecified atom stereocenters. The van der Waals surface area contributed by atoms with Crippen LogP contribution in [-0.2, 0) is 14.3 Å². The minimum absolute atomic E-state index is 0.0131. The SMILES string of the molecule is CCCCCC/C=C\C/C=C\CCCCCCCCCC(=O)OCCCCCCCCCCCCCCCCCCCCCCCCCCCCCCCCC(=O)NC(CO)C(O)/C=C/CCCCCCCCCCCCCCCCCCCC. The molecule has 6 heteroatoms. The van der Waals surface area contributed by atoms with Crippen LogP contribution in [0.15, 0.2) is 36.5 Å². The molecule has 0 radical (unpaired) electrons. The molecule has 0 spiro atoms. The number of hydrogen-bond donors (Lipinski definition) is 3. The lowest BCUT2D eigenvalue weighted by Crippen LogP contribution is -2.45. The van der Waals surface area contributed by atoms with Crippen molar-refractivity contribution in [3.05, 3.63) is 36.5 Å². The first-order valence-electron chi connectivity index (χ1n) is 38.8. The summed E-state index contributed by atoms with van der Waals surface area (Å²) < 4.78 is 5.51. The van der Waals surface area contributed by atoms with Crippen molar-refractivity contribution in [2.75, 3.05) is 13.2 Å². The Morgan fingerprint density at radius 2 is 0.588 bits per heavy atom. The number of aliphatic hydroxyl groups is 2. The molecule has 0 aromatic heterocycles. The van der Waals surface area contributed by atoms with Gasteiger partial charge in [0.15, 0.2) is 0 Å². The van der Waals surface area contributed by atoms with E-state index >= 15 is 0 Å². The molecule has 0 aliphatic heterocycles. The number of amides is 1. The molecule has 0 saturated heterocycles. The van der Waals surface area contributed by atoms with E-state index in [1.54, 1.807) is 6.08 Å². The predicted octanol–water partition coefficient (Wildman–Crippen LogP) is 25.4. The summed E-state index contributed by atoms with van der Waals surface area (Å²) in [4.78, 5) is 24.6. The second-order valence-corrected chi connectivity index (χ2v) is 26.7. The highest BCUT2D eigenvalue weighted by atomic mass is 16.5. The Bertz CT molecular complexity index is 1380. The van der Waals surface area contributed by atoms with Crippen LogP contribution < -0.4 is 5.32 Å². The average molecular weight is 1200 g/mol. The van der Waals surface area contributed by atoms with Gasteiger partial charge >= 0.3 is 5.97 Å².